The molecule has 1 aromatic rings. The quantitative estimate of drug-likeness (QED) is 0.863. The number of carbonyl (C=O) groups is 1. The van der Waals surface area contributed by atoms with E-state index < -0.39 is 0 Å². The Morgan fingerprint density at radius 1 is 1.50 bits per heavy atom. The van der Waals surface area contributed by atoms with Crippen molar-refractivity contribution in [1.82, 2.24) is 10.3 Å². The zero-order chi connectivity index (χ0) is 13.7. The van der Waals surface area contributed by atoms with Crippen molar-refractivity contribution < 1.29 is 4.79 Å². The van der Waals surface area contributed by atoms with Crippen LogP contribution in [0.3, 0.4) is 0 Å². The standard InChI is InChI=1S/C13H19ClN2O2/c1-4-5-11-10(14)6-9(13(18)16-11)12(17)15-7-8(2)3/h6,8H,4-5,7H2,1-3H3,(H,15,17)(H,16,18). The minimum Gasteiger partial charge on any atom is -0.352 e. The molecule has 0 aliphatic carbocycles. The predicted molar refractivity (Wildman–Crippen MR) is 73.2 cm³/mol. The molecule has 2 N–H and O–H groups in total. The monoisotopic (exact) mass is 270 g/mol. The third kappa shape index (κ3) is 3.88. The van der Waals surface area contributed by atoms with E-state index in [1.165, 1.54) is 6.07 Å². The van der Waals surface area contributed by atoms with Gasteiger partial charge < -0.3 is 10.3 Å². The normalized spacial score (nSPS) is 10.7. The van der Waals surface area contributed by atoms with Crippen LogP contribution in [0.1, 0.15) is 43.2 Å². The van der Waals surface area contributed by atoms with E-state index in [0.29, 0.717) is 29.6 Å². The molecule has 0 aromatic carbocycles. The molecule has 0 atom stereocenters. The predicted octanol–water partition coefficient (Wildman–Crippen LogP) is 2.37. The maximum absolute atomic E-state index is 11.8. The largest absolute Gasteiger partial charge is 0.352 e. The molecular weight excluding hydrogens is 252 g/mol. The van der Waals surface area contributed by atoms with Gasteiger partial charge in [-0.15, -0.1) is 0 Å². The van der Waals surface area contributed by atoms with Crippen molar-refractivity contribution in [3.05, 3.63) is 32.7 Å². The van der Waals surface area contributed by atoms with Crippen molar-refractivity contribution in [2.45, 2.75) is 33.6 Å². The number of aryl methyl sites for hydroxylation is 1. The number of carbonyl (C=O) groups excluding carboxylic acids is 1. The fourth-order valence-electron chi connectivity index (χ4n) is 1.54. The molecule has 4 nitrogen and oxygen atoms in total. The topological polar surface area (TPSA) is 62.0 Å². The molecular formula is C13H19ClN2O2. The van der Waals surface area contributed by atoms with Gasteiger partial charge in [-0.1, -0.05) is 38.8 Å². The van der Waals surface area contributed by atoms with E-state index in [9.17, 15) is 9.59 Å². The Labute approximate surface area is 112 Å². The van der Waals surface area contributed by atoms with Crippen LogP contribution >= 0.6 is 11.6 Å². The molecule has 100 valence electrons. The number of aromatic amines is 1. The van der Waals surface area contributed by atoms with E-state index in [4.69, 9.17) is 11.6 Å². The number of amides is 1. The molecule has 0 radical (unpaired) electrons. The lowest BCUT2D eigenvalue weighted by Gasteiger charge is -2.08. The lowest BCUT2D eigenvalue weighted by Crippen LogP contribution is -2.32. The first kappa shape index (κ1) is 14.8. The van der Waals surface area contributed by atoms with Crippen LogP contribution in [0.5, 0.6) is 0 Å². The number of nitrogens with one attached hydrogen (secondary N) is 2. The van der Waals surface area contributed by atoms with Crippen molar-refractivity contribution in [2.75, 3.05) is 6.54 Å². The number of hydrogen-bond donors (Lipinski definition) is 2. The highest BCUT2D eigenvalue weighted by Crippen LogP contribution is 2.14. The Balaban J connectivity index is 2.93. The van der Waals surface area contributed by atoms with Crippen LogP contribution in [0.15, 0.2) is 10.9 Å². The van der Waals surface area contributed by atoms with Gasteiger partial charge in [-0.3, -0.25) is 9.59 Å². The molecule has 1 heterocycles. The van der Waals surface area contributed by atoms with Gasteiger partial charge in [-0.25, -0.2) is 0 Å². The number of aromatic nitrogens is 1. The molecule has 18 heavy (non-hydrogen) atoms. The van der Waals surface area contributed by atoms with Crippen molar-refractivity contribution in [3.63, 3.8) is 0 Å². The highest BCUT2D eigenvalue weighted by molar-refractivity contribution is 6.31. The van der Waals surface area contributed by atoms with Gasteiger partial charge in [-0.2, -0.15) is 0 Å². The van der Waals surface area contributed by atoms with Gasteiger partial charge in [-0.05, 0) is 18.4 Å². The second-order valence-corrected chi connectivity index (χ2v) is 5.10. The third-order valence-corrected chi connectivity index (χ3v) is 2.82. The van der Waals surface area contributed by atoms with Gasteiger partial charge >= 0.3 is 0 Å². The van der Waals surface area contributed by atoms with Crippen LogP contribution in [0.2, 0.25) is 5.02 Å². The van der Waals surface area contributed by atoms with Crippen molar-refractivity contribution in [3.8, 4) is 0 Å². The Bertz CT molecular complexity index is 480. The Morgan fingerprint density at radius 2 is 2.17 bits per heavy atom. The summed E-state index contributed by atoms with van der Waals surface area (Å²) in [6.45, 7) is 6.51. The van der Waals surface area contributed by atoms with E-state index in [-0.39, 0.29) is 17.0 Å². The lowest BCUT2D eigenvalue weighted by molar-refractivity contribution is 0.0947. The minimum atomic E-state index is -0.385. The van der Waals surface area contributed by atoms with Crippen LogP contribution in [-0.4, -0.2) is 17.4 Å². The number of rotatable bonds is 5. The summed E-state index contributed by atoms with van der Waals surface area (Å²) in [5, 5.41) is 3.14. The van der Waals surface area contributed by atoms with E-state index in [2.05, 4.69) is 10.3 Å². The molecule has 0 bridgehead atoms. The summed E-state index contributed by atoms with van der Waals surface area (Å²) in [6, 6.07) is 1.45. The fraction of sp³-hybridized carbons (Fsp3) is 0.538. The minimum absolute atomic E-state index is 0.0699. The van der Waals surface area contributed by atoms with Crippen molar-refractivity contribution in [2.24, 2.45) is 5.92 Å². The Hall–Kier alpha value is -1.29. The number of pyridine rings is 1. The molecule has 0 saturated carbocycles. The molecule has 0 spiro atoms. The summed E-state index contributed by atoms with van der Waals surface area (Å²) in [7, 11) is 0. The highest BCUT2D eigenvalue weighted by atomic mass is 35.5. The fourth-order valence-corrected chi connectivity index (χ4v) is 1.79. The van der Waals surface area contributed by atoms with Crippen LogP contribution in [-0.2, 0) is 6.42 Å². The first-order valence-corrected chi connectivity index (χ1v) is 6.53. The highest BCUT2D eigenvalue weighted by Gasteiger charge is 2.13. The molecule has 0 aliphatic rings. The number of H-pyrrole nitrogens is 1. The molecule has 0 saturated heterocycles. The zero-order valence-corrected chi connectivity index (χ0v) is 11.7. The molecule has 0 fully saturated rings. The SMILES string of the molecule is CCCc1[nH]c(=O)c(C(=O)NCC(C)C)cc1Cl. The molecule has 1 amide bonds. The summed E-state index contributed by atoms with van der Waals surface area (Å²) >= 11 is 6.04. The lowest BCUT2D eigenvalue weighted by atomic mass is 10.1. The molecule has 1 aromatic heterocycles. The first-order valence-electron chi connectivity index (χ1n) is 6.15. The molecule has 0 unspecified atom stereocenters. The summed E-state index contributed by atoms with van der Waals surface area (Å²) in [6.07, 6.45) is 1.58. The maximum atomic E-state index is 11.8. The van der Waals surface area contributed by atoms with E-state index in [1.807, 2.05) is 20.8 Å². The van der Waals surface area contributed by atoms with Crippen LogP contribution < -0.4 is 10.9 Å². The first-order chi connectivity index (χ1) is 8.45. The van der Waals surface area contributed by atoms with Crippen LogP contribution in [0, 0.1) is 5.92 Å². The summed E-state index contributed by atoms with van der Waals surface area (Å²) in [4.78, 5) is 26.2. The van der Waals surface area contributed by atoms with Crippen molar-refractivity contribution >= 4 is 17.5 Å². The van der Waals surface area contributed by atoms with Gasteiger partial charge in [0, 0.05) is 12.2 Å². The third-order valence-electron chi connectivity index (χ3n) is 2.48. The summed E-state index contributed by atoms with van der Waals surface area (Å²) < 4.78 is 0. The van der Waals surface area contributed by atoms with Gasteiger partial charge in [0.2, 0.25) is 0 Å². The van der Waals surface area contributed by atoms with E-state index in [1.54, 1.807) is 0 Å². The number of hydrogen-bond acceptors (Lipinski definition) is 2. The number of halogens is 1. The van der Waals surface area contributed by atoms with Gasteiger partial charge in [0.1, 0.15) is 5.56 Å². The molecule has 1 rings (SSSR count). The van der Waals surface area contributed by atoms with Crippen LogP contribution in [0.25, 0.3) is 0 Å². The molecule has 5 heteroatoms. The maximum Gasteiger partial charge on any atom is 0.261 e. The average molecular weight is 271 g/mol. The van der Waals surface area contributed by atoms with Gasteiger partial charge in [0.25, 0.3) is 11.5 Å². The second-order valence-electron chi connectivity index (χ2n) is 4.69. The van der Waals surface area contributed by atoms with Crippen LogP contribution in [0.4, 0.5) is 0 Å². The Morgan fingerprint density at radius 3 is 2.72 bits per heavy atom. The zero-order valence-electron chi connectivity index (χ0n) is 11.0. The second kappa shape index (κ2) is 6.59. The van der Waals surface area contributed by atoms with Crippen molar-refractivity contribution in [1.29, 1.82) is 0 Å². The summed E-state index contributed by atoms with van der Waals surface area (Å²) in [5.41, 5.74) is 0.370. The summed E-state index contributed by atoms with van der Waals surface area (Å²) in [5.74, 6) is -0.0437. The van der Waals surface area contributed by atoms with E-state index in [0.717, 1.165) is 6.42 Å². The van der Waals surface area contributed by atoms with Gasteiger partial charge in [0.15, 0.2) is 0 Å². The average Bonchev–Trinajstić information content (AvgIpc) is 2.30. The molecule has 0 aliphatic heterocycles. The van der Waals surface area contributed by atoms with E-state index >= 15 is 0 Å². The van der Waals surface area contributed by atoms with Gasteiger partial charge in [0.05, 0.1) is 5.02 Å². The Kier molecular flexibility index (Phi) is 5.41. The smallest absolute Gasteiger partial charge is 0.261 e.